The Morgan fingerprint density at radius 3 is 2.74 bits per heavy atom. The summed E-state index contributed by atoms with van der Waals surface area (Å²) in [4.78, 5) is 28.6. The standard InChI is InChI=1S/C19H18N4O4/c1-22(2)9-14-16(12-4-3-5-15(23(26)27)17(12)20-14)18-13-8-10(24)6-7-11(13)19(25)21-18/h3-8,18,20,24H,9H2,1-2H3,(H,21,25). The smallest absolute Gasteiger partial charge is 0.293 e. The molecule has 0 radical (unpaired) electrons. The first kappa shape index (κ1) is 17.0. The molecule has 2 heterocycles. The van der Waals surface area contributed by atoms with Crippen molar-refractivity contribution in [1.82, 2.24) is 15.2 Å². The summed E-state index contributed by atoms with van der Waals surface area (Å²) in [7, 11) is 3.80. The number of aromatic hydroxyl groups is 1. The third-order valence-electron chi connectivity index (χ3n) is 4.76. The predicted molar refractivity (Wildman–Crippen MR) is 99.8 cm³/mol. The number of nitrogens with one attached hydrogen (secondary N) is 2. The highest BCUT2D eigenvalue weighted by Crippen LogP contribution is 2.40. The molecule has 0 fully saturated rings. The van der Waals surface area contributed by atoms with E-state index in [0.717, 1.165) is 11.3 Å². The number of H-pyrrole nitrogens is 1. The second kappa shape index (κ2) is 6.10. The van der Waals surface area contributed by atoms with Gasteiger partial charge in [0, 0.05) is 34.8 Å². The lowest BCUT2D eigenvalue weighted by Crippen LogP contribution is -2.22. The zero-order valence-corrected chi connectivity index (χ0v) is 14.8. The van der Waals surface area contributed by atoms with Crippen LogP contribution in [0.3, 0.4) is 0 Å². The number of carbonyl (C=O) groups excluding carboxylic acids is 1. The molecule has 8 nitrogen and oxygen atoms in total. The number of benzene rings is 2. The summed E-state index contributed by atoms with van der Waals surface area (Å²) < 4.78 is 0. The van der Waals surface area contributed by atoms with Gasteiger partial charge in [0.1, 0.15) is 11.3 Å². The van der Waals surface area contributed by atoms with Gasteiger partial charge in [-0.1, -0.05) is 12.1 Å². The number of aromatic amines is 1. The topological polar surface area (TPSA) is 112 Å². The number of non-ortho nitro benzene ring substituents is 1. The van der Waals surface area contributed by atoms with Gasteiger partial charge in [0.05, 0.1) is 11.0 Å². The van der Waals surface area contributed by atoms with Crippen molar-refractivity contribution in [3.05, 3.63) is 68.9 Å². The van der Waals surface area contributed by atoms with Crippen LogP contribution in [0.15, 0.2) is 36.4 Å². The van der Waals surface area contributed by atoms with Gasteiger partial charge in [-0.2, -0.15) is 0 Å². The number of nitrogens with zero attached hydrogens (tertiary/aromatic N) is 2. The van der Waals surface area contributed by atoms with Crippen LogP contribution in [0.5, 0.6) is 5.75 Å². The van der Waals surface area contributed by atoms with E-state index in [2.05, 4.69) is 10.3 Å². The third kappa shape index (κ3) is 2.70. The number of nitro benzene ring substituents is 1. The van der Waals surface area contributed by atoms with Crippen LogP contribution in [0.25, 0.3) is 10.9 Å². The lowest BCUT2D eigenvalue weighted by atomic mass is 9.95. The number of fused-ring (bicyclic) bond motifs is 2. The van der Waals surface area contributed by atoms with Crippen molar-refractivity contribution < 1.29 is 14.8 Å². The molecule has 1 unspecified atom stereocenters. The van der Waals surface area contributed by atoms with Crippen molar-refractivity contribution in [3.8, 4) is 5.75 Å². The maximum atomic E-state index is 12.4. The Kier molecular flexibility index (Phi) is 3.85. The average Bonchev–Trinajstić information content (AvgIpc) is 3.10. The minimum Gasteiger partial charge on any atom is -0.508 e. The van der Waals surface area contributed by atoms with Gasteiger partial charge in [0.2, 0.25) is 0 Å². The van der Waals surface area contributed by atoms with E-state index < -0.39 is 11.0 Å². The third-order valence-corrected chi connectivity index (χ3v) is 4.76. The zero-order valence-electron chi connectivity index (χ0n) is 14.8. The van der Waals surface area contributed by atoms with E-state index in [9.17, 15) is 20.0 Å². The quantitative estimate of drug-likeness (QED) is 0.485. The first-order chi connectivity index (χ1) is 12.9. The first-order valence-electron chi connectivity index (χ1n) is 8.43. The van der Waals surface area contributed by atoms with Crippen LogP contribution in [0.1, 0.15) is 33.2 Å². The molecule has 3 aromatic rings. The van der Waals surface area contributed by atoms with Crippen LogP contribution in [-0.2, 0) is 6.54 Å². The number of rotatable bonds is 4. The minimum absolute atomic E-state index is 0.0146. The van der Waals surface area contributed by atoms with Crippen LogP contribution in [0, 0.1) is 10.1 Å². The fraction of sp³-hybridized carbons (Fsp3) is 0.211. The van der Waals surface area contributed by atoms with Crippen LogP contribution >= 0.6 is 0 Å². The molecule has 1 atom stereocenters. The van der Waals surface area contributed by atoms with Crippen LogP contribution in [-0.4, -0.2) is 39.9 Å². The van der Waals surface area contributed by atoms with Crippen molar-refractivity contribution in [1.29, 1.82) is 0 Å². The Labute approximate surface area is 154 Å². The van der Waals surface area contributed by atoms with Crippen molar-refractivity contribution >= 4 is 22.5 Å². The fourth-order valence-electron chi connectivity index (χ4n) is 3.71. The van der Waals surface area contributed by atoms with Crippen molar-refractivity contribution in [3.63, 3.8) is 0 Å². The van der Waals surface area contributed by atoms with Gasteiger partial charge in [-0.15, -0.1) is 0 Å². The van der Waals surface area contributed by atoms with Crippen molar-refractivity contribution in [2.75, 3.05) is 14.1 Å². The predicted octanol–water partition coefficient (Wildman–Crippen LogP) is 2.68. The van der Waals surface area contributed by atoms with E-state index in [0.29, 0.717) is 28.6 Å². The maximum absolute atomic E-state index is 12.4. The van der Waals surface area contributed by atoms with Crippen LogP contribution < -0.4 is 5.32 Å². The van der Waals surface area contributed by atoms with E-state index in [1.165, 1.54) is 12.1 Å². The number of hydrogen-bond donors (Lipinski definition) is 3. The number of amides is 1. The number of phenolic OH excluding ortho intramolecular Hbond substituents is 1. The van der Waals surface area contributed by atoms with Gasteiger partial charge in [-0.25, -0.2) is 0 Å². The fourth-order valence-corrected chi connectivity index (χ4v) is 3.71. The number of para-hydroxylation sites is 1. The summed E-state index contributed by atoms with van der Waals surface area (Å²) in [6.07, 6.45) is 0. The summed E-state index contributed by atoms with van der Waals surface area (Å²) in [5, 5.41) is 25.0. The number of aromatic nitrogens is 1. The molecule has 0 aliphatic carbocycles. The molecule has 2 aromatic carbocycles. The highest BCUT2D eigenvalue weighted by Gasteiger charge is 2.34. The van der Waals surface area contributed by atoms with Gasteiger partial charge >= 0.3 is 0 Å². The van der Waals surface area contributed by atoms with E-state index in [-0.39, 0.29) is 17.3 Å². The second-order valence-electron chi connectivity index (χ2n) is 6.89. The molecule has 1 aromatic heterocycles. The lowest BCUT2D eigenvalue weighted by molar-refractivity contribution is -0.383. The summed E-state index contributed by atoms with van der Waals surface area (Å²) in [5.41, 5.74) is 3.13. The molecule has 1 aliphatic heterocycles. The number of carbonyl (C=O) groups is 1. The summed E-state index contributed by atoms with van der Waals surface area (Å²) >= 11 is 0. The molecule has 1 aliphatic rings. The summed E-state index contributed by atoms with van der Waals surface area (Å²) in [6.45, 7) is 0.516. The molecule has 0 spiro atoms. The summed E-state index contributed by atoms with van der Waals surface area (Å²) in [6, 6.07) is 9.02. The van der Waals surface area contributed by atoms with Crippen molar-refractivity contribution in [2.24, 2.45) is 0 Å². The number of hydrogen-bond acceptors (Lipinski definition) is 5. The zero-order chi connectivity index (χ0) is 19.3. The van der Waals surface area contributed by atoms with E-state index in [4.69, 9.17) is 0 Å². The second-order valence-corrected chi connectivity index (χ2v) is 6.89. The van der Waals surface area contributed by atoms with Gasteiger partial charge < -0.3 is 20.3 Å². The number of phenols is 1. The molecule has 138 valence electrons. The van der Waals surface area contributed by atoms with Gasteiger partial charge in [-0.3, -0.25) is 14.9 Å². The maximum Gasteiger partial charge on any atom is 0.293 e. The molecule has 8 heteroatoms. The van der Waals surface area contributed by atoms with E-state index in [1.807, 2.05) is 19.0 Å². The van der Waals surface area contributed by atoms with E-state index >= 15 is 0 Å². The Morgan fingerprint density at radius 2 is 2.04 bits per heavy atom. The normalized spacial score (nSPS) is 16.0. The summed E-state index contributed by atoms with van der Waals surface area (Å²) in [5.74, 6) is -0.166. The Morgan fingerprint density at radius 1 is 1.26 bits per heavy atom. The van der Waals surface area contributed by atoms with Gasteiger partial charge in [0.25, 0.3) is 11.6 Å². The highest BCUT2D eigenvalue weighted by atomic mass is 16.6. The minimum atomic E-state index is -0.495. The molecule has 1 amide bonds. The Bertz CT molecular complexity index is 1090. The Hall–Kier alpha value is -3.39. The van der Waals surface area contributed by atoms with Gasteiger partial charge in [0.15, 0.2) is 0 Å². The molecular formula is C19H18N4O4. The van der Waals surface area contributed by atoms with Gasteiger partial charge in [-0.05, 0) is 37.9 Å². The molecule has 0 saturated heterocycles. The Balaban J connectivity index is 1.99. The molecular weight excluding hydrogens is 348 g/mol. The van der Waals surface area contributed by atoms with Crippen LogP contribution in [0.4, 0.5) is 5.69 Å². The SMILES string of the molecule is CN(C)Cc1[nH]c2c([N+](=O)[O-])cccc2c1C1NC(=O)c2ccc(O)cc21. The number of nitro groups is 1. The highest BCUT2D eigenvalue weighted by molar-refractivity contribution is 6.01. The molecule has 27 heavy (non-hydrogen) atoms. The largest absolute Gasteiger partial charge is 0.508 e. The van der Waals surface area contributed by atoms with Crippen LogP contribution in [0.2, 0.25) is 0 Å². The molecule has 4 rings (SSSR count). The molecule has 3 N–H and O–H groups in total. The first-order valence-corrected chi connectivity index (χ1v) is 8.43. The molecule has 0 saturated carbocycles. The van der Waals surface area contributed by atoms with Crippen molar-refractivity contribution in [2.45, 2.75) is 12.6 Å². The lowest BCUT2D eigenvalue weighted by Gasteiger charge is -2.16. The molecule has 0 bridgehead atoms. The monoisotopic (exact) mass is 366 g/mol. The average molecular weight is 366 g/mol. The van der Waals surface area contributed by atoms with E-state index in [1.54, 1.807) is 24.3 Å².